The minimum absolute atomic E-state index is 0.0738. The summed E-state index contributed by atoms with van der Waals surface area (Å²) in [6.07, 6.45) is 4.10. The van der Waals surface area contributed by atoms with E-state index in [2.05, 4.69) is 11.6 Å². The highest BCUT2D eigenvalue weighted by Gasteiger charge is 2.20. The van der Waals surface area contributed by atoms with Crippen molar-refractivity contribution in [3.05, 3.63) is 14.7 Å². The monoisotopic (exact) mass is 315 g/mol. The van der Waals surface area contributed by atoms with Gasteiger partial charge in [0, 0.05) is 6.54 Å². The van der Waals surface area contributed by atoms with Crippen LogP contribution in [0.15, 0.2) is 11.0 Å². The van der Waals surface area contributed by atoms with Gasteiger partial charge >= 0.3 is 0 Å². The normalized spacial score (nSPS) is 11.9. The van der Waals surface area contributed by atoms with Gasteiger partial charge in [-0.2, -0.15) is 0 Å². The molecule has 1 rings (SSSR count). The molecule has 1 N–H and O–H groups in total. The number of unbranched alkanes of at least 4 members (excludes halogenated alkanes) is 3. The molecule has 0 unspecified atom stereocenters. The maximum Gasteiger partial charge on any atom is 0.242 e. The van der Waals surface area contributed by atoms with E-state index in [4.69, 9.17) is 23.2 Å². The molecule has 0 amide bonds. The first-order chi connectivity index (χ1) is 7.97. The molecular formula is C10H15Cl2NO2S2. The fourth-order valence-corrected chi connectivity index (χ4v) is 4.57. The Morgan fingerprint density at radius 1 is 1.29 bits per heavy atom. The molecule has 1 aromatic heterocycles. The molecule has 3 nitrogen and oxygen atoms in total. The predicted octanol–water partition coefficient (Wildman–Crippen LogP) is 3.91. The third kappa shape index (κ3) is 4.75. The second-order valence-electron chi connectivity index (χ2n) is 3.65. The SMILES string of the molecule is CCCCCCNS(=O)(=O)c1cc(Cl)sc1Cl. The minimum atomic E-state index is -3.51. The van der Waals surface area contributed by atoms with Crippen LogP contribution < -0.4 is 4.72 Å². The standard InChI is InChI=1S/C10H15Cl2NO2S2/c1-2-3-4-5-6-13-17(14,15)8-7-9(11)16-10(8)12/h7,13H,2-6H2,1H3. The van der Waals surface area contributed by atoms with Gasteiger partial charge in [-0.3, -0.25) is 0 Å². The summed E-state index contributed by atoms with van der Waals surface area (Å²) in [5.41, 5.74) is 0. The van der Waals surface area contributed by atoms with E-state index in [0.717, 1.165) is 37.0 Å². The summed E-state index contributed by atoms with van der Waals surface area (Å²) >= 11 is 12.6. The molecule has 0 aliphatic carbocycles. The Morgan fingerprint density at radius 3 is 2.53 bits per heavy atom. The molecule has 1 heterocycles. The zero-order chi connectivity index (χ0) is 12.9. The number of thiophene rings is 1. The maximum atomic E-state index is 11.9. The highest BCUT2D eigenvalue weighted by molar-refractivity contribution is 7.89. The molecule has 0 spiro atoms. The van der Waals surface area contributed by atoms with E-state index >= 15 is 0 Å². The Morgan fingerprint density at radius 2 is 2.00 bits per heavy atom. The van der Waals surface area contributed by atoms with Crippen molar-refractivity contribution in [1.29, 1.82) is 0 Å². The number of nitrogens with one attached hydrogen (secondary N) is 1. The van der Waals surface area contributed by atoms with Crippen LogP contribution in [0.2, 0.25) is 8.67 Å². The Bertz CT molecular complexity index is 457. The lowest BCUT2D eigenvalue weighted by atomic mass is 10.2. The smallest absolute Gasteiger partial charge is 0.211 e. The average Bonchev–Trinajstić information content (AvgIpc) is 2.58. The van der Waals surface area contributed by atoms with Crippen LogP contribution >= 0.6 is 34.5 Å². The molecule has 0 aliphatic heterocycles. The van der Waals surface area contributed by atoms with Gasteiger partial charge in [-0.1, -0.05) is 49.4 Å². The van der Waals surface area contributed by atoms with Crippen molar-refractivity contribution in [2.45, 2.75) is 37.5 Å². The second kappa shape index (κ2) is 6.95. The van der Waals surface area contributed by atoms with Crippen LogP contribution in [0.25, 0.3) is 0 Å². The second-order valence-corrected chi connectivity index (χ2v) is 7.67. The number of sulfonamides is 1. The van der Waals surface area contributed by atoms with Gasteiger partial charge in [0.2, 0.25) is 10.0 Å². The molecule has 0 aromatic carbocycles. The topological polar surface area (TPSA) is 46.2 Å². The van der Waals surface area contributed by atoms with E-state index in [1.54, 1.807) is 0 Å². The molecule has 17 heavy (non-hydrogen) atoms. The van der Waals surface area contributed by atoms with Crippen molar-refractivity contribution in [3.8, 4) is 0 Å². The van der Waals surface area contributed by atoms with E-state index in [0.29, 0.717) is 10.9 Å². The molecule has 0 fully saturated rings. The van der Waals surface area contributed by atoms with Gasteiger partial charge in [0.25, 0.3) is 0 Å². The van der Waals surface area contributed by atoms with E-state index < -0.39 is 10.0 Å². The van der Waals surface area contributed by atoms with Crippen LogP contribution in [0, 0.1) is 0 Å². The van der Waals surface area contributed by atoms with Gasteiger partial charge < -0.3 is 0 Å². The van der Waals surface area contributed by atoms with E-state index in [9.17, 15) is 8.42 Å². The molecule has 0 aliphatic rings. The van der Waals surface area contributed by atoms with Crippen molar-refractivity contribution < 1.29 is 8.42 Å². The summed E-state index contributed by atoms with van der Waals surface area (Å²) in [6, 6.07) is 1.38. The molecule has 0 radical (unpaired) electrons. The lowest BCUT2D eigenvalue weighted by Gasteiger charge is -2.05. The molecule has 1 aromatic rings. The molecule has 7 heteroatoms. The lowest BCUT2D eigenvalue weighted by Crippen LogP contribution is -2.24. The van der Waals surface area contributed by atoms with Crippen LogP contribution in [0.4, 0.5) is 0 Å². The maximum absolute atomic E-state index is 11.9. The van der Waals surface area contributed by atoms with Crippen LogP contribution in [0.1, 0.15) is 32.6 Å². The van der Waals surface area contributed by atoms with Crippen LogP contribution in [0.3, 0.4) is 0 Å². The number of hydrogen-bond donors (Lipinski definition) is 1. The Balaban J connectivity index is 2.54. The fraction of sp³-hybridized carbons (Fsp3) is 0.600. The van der Waals surface area contributed by atoms with Crippen LogP contribution in [-0.2, 0) is 10.0 Å². The van der Waals surface area contributed by atoms with Gasteiger partial charge in [-0.05, 0) is 12.5 Å². The zero-order valence-electron chi connectivity index (χ0n) is 9.50. The first-order valence-electron chi connectivity index (χ1n) is 5.42. The summed E-state index contributed by atoms with van der Waals surface area (Å²) < 4.78 is 26.8. The Labute approximate surface area is 116 Å². The van der Waals surface area contributed by atoms with Crippen LogP contribution in [-0.4, -0.2) is 15.0 Å². The van der Waals surface area contributed by atoms with Gasteiger partial charge in [0.05, 0.1) is 4.34 Å². The first-order valence-corrected chi connectivity index (χ1v) is 8.47. The number of hydrogen-bond acceptors (Lipinski definition) is 3. The highest BCUT2D eigenvalue weighted by Crippen LogP contribution is 2.33. The summed E-state index contributed by atoms with van der Waals surface area (Å²) in [7, 11) is -3.51. The fourth-order valence-electron chi connectivity index (χ4n) is 1.34. The molecule has 0 saturated carbocycles. The quantitative estimate of drug-likeness (QED) is 0.775. The van der Waals surface area contributed by atoms with Gasteiger partial charge in [-0.15, -0.1) is 11.3 Å². The molecule has 98 valence electrons. The Kier molecular flexibility index (Phi) is 6.23. The average molecular weight is 316 g/mol. The number of halogens is 2. The summed E-state index contributed by atoms with van der Waals surface area (Å²) in [5.74, 6) is 0. The van der Waals surface area contributed by atoms with Crippen molar-refractivity contribution in [2.75, 3.05) is 6.54 Å². The highest BCUT2D eigenvalue weighted by atomic mass is 35.5. The largest absolute Gasteiger partial charge is 0.242 e. The van der Waals surface area contributed by atoms with Crippen molar-refractivity contribution >= 4 is 44.6 Å². The third-order valence-electron chi connectivity index (χ3n) is 2.24. The van der Waals surface area contributed by atoms with Crippen molar-refractivity contribution in [1.82, 2.24) is 4.72 Å². The minimum Gasteiger partial charge on any atom is -0.211 e. The van der Waals surface area contributed by atoms with Crippen LogP contribution in [0.5, 0.6) is 0 Å². The molecular weight excluding hydrogens is 301 g/mol. The third-order valence-corrected chi connectivity index (χ3v) is 5.45. The first kappa shape index (κ1) is 15.2. The van der Waals surface area contributed by atoms with Gasteiger partial charge in [0.1, 0.15) is 9.23 Å². The molecule has 0 bridgehead atoms. The van der Waals surface area contributed by atoms with Gasteiger partial charge in [0.15, 0.2) is 0 Å². The summed E-state index contributed by atoms with van der Waals surface area (Å²) in [5, 5.41) is 0. The van der Waals surface area contributed by atoms with Gasteiger partial charge in [-0.25, -0.2) is 13.1 Å². The van der Waals surface area contributed by atoms with Crippen molar-refractivity contribution in [2.24, 2.45) is 0 Å². The lowest BCUT2D eigenvalue weighted by molar-refractivity contribution is 0.574. The summed E-state index contributed by atoms with van der Waals surface area (Å²) in [4.78, 5) is 0.0738. The zero-order valence-corrected chi connectivity index (χ0v) is 12.6. The number of rotatable bonds is 7. The van der Waals surface area contributed by atoms with Crippen molar-refractivity contribution in [3.63, 3.8) is 0 Å². The predicted molar refractivity (Wildman–Crippen MR) is 73.7 cm³/mol. The Hall–Kier alpha value is 0.190. The molecule has 0 atom stereocenters. The van der Waals surface area contributed by atoms with E-state index in [-0.39, 0.29) is 9.23 Å². The van der Waals surface area contributed by atoms with E-state index in [1.165, 1.54) is 6.07 Å². The van der Waals surface area contributed by atoms with E-state index in [1.807, 2.05) is 0 Å². The summed E-state index contributed by atoms with van der Waals surface area (Å²) in [6.45, 7) is 2.55. The molecule has 0 saturated heterocycles.